The van der Waals surface area contributed by atoms with E-state index in [1.54, 1.807) is 0 Å². The number of hydrogen-bond donors (Lipinski definition) is 0. The molecule has 0 unspecified atom stereocenters. The molecular weight excluding hydrogens is 276 g/mol. The summed E-state index contributed by atoms with van der Waals surface area (Å²) in [6.07, 6.45) is -2.24. The second kappa shape index (κ2) is 4.27. The molecule has 0 radical (unpaired) electrons. The number of aromatic nitrogens is 1. The number of nitro groups is 1. The fourth-order valence-electron chi connectivity index (χ4n) is 0.909. The molecule has 0 fully saturated rings. The van der Waals surface area contributed by atoms with Crippen molar-refractivity contribution >= 4 is 21.6 Å². The lowest BCUT2D eigenvalue weighted by Crippen LogP contribution is -2.00. The molecule has 0 bridgehead atoms. The second-order valence-corrected chi connectivity index (χ2v) is 3.18. The van der Waals surface area contributed by atoms with Gasteiger partial charge in [0.15, 0.2) is 5.69 Å². The van der Waals surface area contributed by atoms with E-state index >= 15 is 0 Å². The fourth-order valence-corrected chi connectivity index (χ4v) is 1.52. The molecule has 1 aromatic rings. The van der Waals surface area contributed by atoms with Crippen LogP contribution in [0.3, 0.4) is 0 Å². The van der Waals surface area contributed by atoms with E-state index in [1.165, 1.54) is 6.07 Å². The maximum absolute atomic E-state index is 12.5. The van der Waals surface area contributed by atoms with Gasteiger partial charge < -0.3 is 0 Å². The van der Waals surface area contributed by atoms with E-state index in [9.17, 15) is 18.9 Å². The zero-order valence-electron chi connectivity index (χ0n) is 6.95. The van der Waals surface area contributed by atoms with Crippen LogP contribution in [0.1, 0.15) is 17.7 Å². The van der Waals surface area contributed by atoms with E-state index in [0.717, 1.165) is 6.20 Å². The summed E-state index contributed by atoms with van der Waals surface area (Å²) < 4.78 is 24.5. The van der Waals surface area contributed by atoms with Gasteiger partial charge in [-0.25, -0.2) is 13.8 Å². The Morgan fingerprint density at radius 1 is 1.67 bits per heavy atom. The lowest BCUT2D eigenvalue weighted by atomic mass is 10.2. The first-order valence-corrected chi connectivity index (χ1v) is 4.29. The van der Waals surface area contributed by atoms with Gasteiger partial charge in [0.2, 0.25) is 0 Å². The maximum Gasteiger partial charge on any atom is 0.302 e. The number of hydrogen-bond acceptors (Lipinski definition) is 4. The van der Waals surface area contributed by atoms with Crippen LogP contribution in [0.25, 0.3) is 0 Å². The molecule has 0 aliphatic rings. The van der Waals surface area contributed by atoms with Gasteiger partial charge in [-0.2, -0.15) is 5.26 Å². The Morgan fingerprint density at radius 3 is 2.67 bits per heavy atom. The molecule has 0 saturated carbocycles. The summed E-state index contributed by atoms with van der Waals surface area (Å²) in [4.78, 5) is 12.8. The Labute approximate surface area is 90.6 Å². The molecule has 0 amide bonds. The summed E-state index contributed by atoms with van der Waals surface area (Å²) in [7, 11) is 0. The molecule has 8 heteroatoms. The highest BCUT2D eigenvalue weighted by Gasteiger charge is 2.25. The van der Waals surface area contributed by atoms with Crippen LogP contribution in [-0.4, -0.2) is 9.91 Å². The average molecular weight is 278 g/mol. The molecule has 0 atom stereocenters. The van der Waals surface area contributed by atoms with Crippen molar-refractivity contribution in [3.05, 3.63) is 32.0 Å². The summed E-state index contributed by atoms with van der Waals surface area (Å²) in [5, 5.41) is 18.9. The predicted molar refractivity (Wildman–Crippen MR) is 48.3 cm³/mol. The highest BCUT2D eigenvalue weighted by Crippen LogP contribution is 2.35. The lowest BCUT2D eigenvalue weighted by Gasteiger charge is -2.04. The quantitative estimate of drug-likeness (QED) is 0.615. The van der Waals surface area contributed by atoms with Gasteiger partial charge in [0.25, 0.3) is 6.43 Å². The number of pyridine rings is 1. The summed E-state index contributed by atoms with van der Waals surface area (Å²) in [6.45, 7) is 0. The van der Waals surface area contributed by atoms with Crippen molar-refractivity contribution in [2.24, 2.45) is 0 Å². The third kappa shape index (κ3) is 2.07. The summed E-state index contributed by atoms with van der Waals surface area (Å²) >= 11 is 2.66. The SMILES string of the molecule is N#Cc1ncc([N+](=O)[O-])c(Br)c1C(F)F. The number of rotatable bonds is 2. The molecule has 78 valence electrons. The zero-order valence-corrected chi connectivity index (χ0v) is 8.53. The van der Waals surface area contributed by atoms with E-state index in [-0.39, 0.29) is 0 Å². The molecule has 0 aliphatic carbocycles. The van der Waals surface area contributed by atoms with Crippen molar-refractivity contribution in [3.63, 3.8) is 0 Å². The van der Waals surface area contributed by atoms with Crippen LogP contribution < -0.4 is 0 Å². The molecule has 0 spiro atoms. The van der Waals surface area contributed by atoms with Gasteiger partial charge in [-0.05, 0) is 15.9 Å². The monoisotopic (exact) mass is 277 g/mol. The molecule has 5 nitrogen and oxygen atoms in total. The number of alkyl halides is 2. The Morgan fingerprint density at radius 2 is 2.27 bits per heavy atom. The van der Waals surface area contributed by atoms with E-state index in [0.29, 0.717) is 0 Å². The minimum atomic E-state index is -3.00. The summed E-state index contributed by atoms with van der Waals surface area (Å²) in [5.41, 5.74) is -1.88. The van der Waals surface area contributed by atoms with E-state index < -0.39 is 32.8 Å². The average Bonchev–Trinajstić information content (AvgIpc) is 2.15. The minimum Gasteiger partial charge on any atom is -0.258 e. The van der Waals surface area contributed by atoms with Crippen molar-refractivity contribution in [2.75, 3.05) is 0 Å². The number of nitrogens with zero attached hydrogens (tertiary/aromatic N) is 3. The zero-order chi connectivity index (χ0) is 11.6. The molecule has 0 aromatic carbocycles. The third-order valence-electron chi connectivity index (χ3n) is 1.55. The number of nitriles is 1. The van der Waals surface area contributed by atoms with Gasteiger partial charge in [0.05, 0.1) is 10.5 Å². The van der Waals surface area contributed by atoms with Crippen LogP contribution in [-0.2, 0) is 0 Å². The van der Waals surface area contributed by atoms with E-state index in [1.807, 2.05) is 0 Å². The Bertz CT molecular complexity index is 458. The van der Waals surface area contributed by atoms with Gasteiger partial charge >= 0.3 is 5.69 Å². The van der Waals surface area contributed by atoms with Crippen LogP contribution >= 0.6 is 15.9 Å². The van der Waals surface area contributed by atoms with Crippen molar-refractivity contribution < 1.29 is 13.7 Å². The molecule has 0 N–H and O–H groups in total. The standard InChI is InChI=1S/C7H2BrF2N3O2/c8-6-4(13(14)15)2-12-3(1-11)5(6)7(9)10/h2,7H. The normalized spacial score (nSPS) is 10.1. The Hall–Kier alpha value is -1.62. The van der Waals surface area contributed by atoms with Gasteiger partial charge in [-0.15, -0.1) is 0 Å². The van der Waals surface area contributed by atoms with E-state index in [4.69, 9.17) is 5.26 Å². The van der Waals surface area contributed by atoms with E-state index in [2.05, 4.69) is 20.9 Å². The van der Waals surface area contributed by atoms with Gasteiger partial charge in [-0.3, -0.25) is 10.1 Å². The van der Waals surface area contributed by atoms with Crippen LogP contribution in [0, 0.1) is 21.4 Å². The Balaban J connectivity index is 3.51. The highest BCUT2D eigenvalue weighted by atomic mass is 79.9. The van der Waals surface area contributed by atoms with Crippen molar-refractivity contribution in [2.45, 2.75) is 6.43 Å². The van der Waals surface area contributed by atoms with Crippen molar-refractivity contribution in [1.29, 1.82) is 5.26 Å². The van der Waals surface area contributed by atoms with Crippen LogP contribution in [0.15, 0.2) is 10.7 Å². The van der Waals surface area contributed by atoms with Gasteiger partial charge in [-0.1, -0.05) is 0 Å². The molecule has 0 saturated heterocycles. The maximum atomic E-state index is 12.5. The molecule has 15 heavy (non-hydrogen) atoms. The molecule has 1 heterocycles. The smallest absolute Gasteiger partial charge is 0.258 e. The Kier molecular flexibility index (Phi) is 3.26. The first kappa shape index (κ1) is 11.5. The van der Waals surface area contributed by atoms with Crippen molar-refractivity contribution in [3.8, 4) is 6.07 Å². The second-order valence-electron chi connectivity index (χ2n) is 2.39. The number of halogens is 3. The first-order valence-electron chi connectivity index (χ1n) is 3.50. The van der Waals surface area contributed by atoms with Crippen LogP contribution in [0.2, 0.25) is 0 Å². The van der Waals surface area contributed by atoms with Crippen LogP contribution in [0.4, 0.5) is 14.5 Å². The molecule has 1 rings (SSSR count). The lowest BCUT2D eigenvalue weighted by molar-refractivity contribution is -0.386. The molecular formula is C7H2BrF2N3O2. The first-order chi connectivity index (χ1) is 6.99. The fraction of sp³-hybridized carbons (Fsp3) is 0.143. The predicted octanol–water partition coefficient (Wildman–Crippen LogP) is 2.56. The summed E-state index contributed by atoms with van der Waals surface area (Å²) in [6, 6.07) is 1.44. The summed E-state index contributed by atoms with van der Waals surface area (Å²) in [5.74, 6) is 0. The van der Waals surface area contributed by atoms with Gasteiger partial charge in [0.1, 0.15) is 16.7 Å². The highest BCUT2D eigenvalue weighted by molar-refractivity contribution is 9.10. The molecule has 1 aromatic heterocycles. The largest absolute Gasteiger partial charge is 0.302 e. The molecule has 0 aliphatic heterocycles. The van der Waals surface area contributed by atoms with Crippen molar-refractivity contribution in [1.82, 2.24) is 4.98 Å². The topological polar surface area (TPSA) is 79.8 Å². The third-order valence-corrected chi connectivity index (χ3v) is 2.39. The minimum absolute atomic E-state index is 0.408. The van der Waals surface area contributed by atoms with Gasteiger partial charge in [0, 0.05) is 0 Å². The van der Waals surface area contributed by atoms with Crippen LogP contribution in [0.5, 0.6) is 0 Å².